The minimum Gasteiger partial charge on any atom is -0.494 e. The van der Waals surface area contributed by atoms with Crippen LogP contribution in [0.5, 0.6) is 5.75 Å². The van der Waals surface area contributed by atoms with Crippen LogP contribution in [-0.2, 0) is 0 Å². The number of benzene rings is 1. The van der Waals surface area contributed by atoms with E-state index in [-0.39, 0.29) is 18.3 Å². The van der Waals surface area contributed by atoms with Gasteiger partial charge in [-0.25, -0.2) is 4.98 Å². The molecular formula is C20H25Cl2N3O2S2. The van der Waals surface area contributed by atoms with E-state index in [1.807, 2.05) is 25.1 Å². The van der Waals surface area contributed by atoms with Crippen molar-refractivity contribution >= 4 is 67.9 Å². The summed E-state index contributed by atoms with van der Waals surface area (Å²) in [5, 5.41) is 0.699. The van der Waals surface area contributed by atoms with E-state index >= 15 is 0 Å². The summed E-state index contributed by atoms with van der Waals surface area (Å²) < 4.78 is 7.20. The van der Waals surface area contributed by atoms with E-state index < -0.39 is 0 Å². The Bertz CT molecular complexity index is 941. The number of hydrogen-bond donors (Lipinski definition) is 0. The van der Waals surface area contributed by atoms with Crippen LogP contribution in [0, 0.1) is 0 Å². The molecule has 0 aliphatic heterocycles. The Kier molecular flexibility index (Phi) is 9.17. The fourth-order valence-corrected chi connectivity index (χ4v) is 4.90. The molecule has 0 bridgehead atoms. The zero-order valence-corrected chi connectivity index (χ0v) is 19.9. The molecule has 1 aromatic carbocycles. The van der Waals surface area contributed by atoms with Gasteiger partial charge in [-0.05, 0) is 50.3 Å². The van der Waals surface area contributed by atoms with E-state index in [1.165, 1.54) is 22.7 Å². The Morgan fingerprint density at radius 3 is 2.48 bits per heavy atom. The van der Waals surface area contributed by atoms with Crippen molar-refractivity contribution in [1.29, 1.82) is 0 Å². The van der Waals surface area contributed by atoms with E-state index in [0.717, 1.165) is 35.6 Å². The molecule has 0 aliphatic rings. The van der Waals surface area contributed by atoms with Crippen LogP contribution in [0.15, 0.2) is 30.3 Å². The smallest absolute Gasteiger partial charge is 0.270 e. The second-order valence-electron chi connectivity index (χ2n) is 6.15. The summed E-state index contributed by atoms with van der Waals surface area (Å²) >= 11 is 8.86. The van der Waals surface area contributed by atoms with Crippen LogP contribution < -0.4 is 9.64 Å². The van der Waals surface area contributed by atoms with E-state index in [4.69, 9.17) is 21.3 Å². The predicted molar refractivity (Wildman–Crippen MR) is 127 cm³/mol. The Morgan fingerprint density at radius 2 is 1.86 bits per heavy atom. The van der Waals surface area contributed by atoms with Crippen molar-refractivity contribution in [2.24, 2.45) is 0 Å². The van der Waals surface area contributed by atoms with Crippen LogP contribution in [0.2, 0.25) is 4.34 Å². The first-order valence-electron chi connectivity index (χ1n) is 9.38. The lowest BCUT2D eigenvalue weighted by molar-refractivity contribution is 0.0987. The quantitative estimate of drug-likeness (QED) is 0.392. The Labute approximate surface area is 190 Å². The first kappa shape index (κ1) is 23.9. The fraction of sp³-hybridized carbons (Fsp3) is 0.400. The van der Waals surface area contributed by atoms with Gasteiger partial charge in [0.15, 0.2) is 5.13 Å². The summed E-state index contributed by atoms with van der Waals surface area (Å²) in [6.45, 7) is 10.1. The molecule has 1 amide bonds. The normalized spacial score (nSPS) is 10.9. The number of thiophene rings is 1. The van der Waals surface area contributed by atoms with Gasteiger partial charge >= 0.3 is 0 Å². The third kappa shape index (κ3) is 5.83. The number of carbonyl (C=O) groups excluding carboxylic acids is 1. The van der Waals surface area contributed by atoms with Gasteiger partial charge in [0.2, 0.25) is 0 Å². The zero-order chi connectivity index (χ0) is 20.1. The van der Waals surface area contributed by atoms with Crippen molar-refractivity contribution in [1.82, 2.24) is 9.88 Å². The summed E-state index contributed by atoms with van der Waals surface area (Å²) in [6, 6.07) is 9.37. The average Bonchev–Trinajstić information content (AvgIpc) is 3.31. The van der Waals surface area contributed by atoms with Gasteiger partial charge < -0.3 is 9.64 Å². The number of halogens is 2. The second kappa shape index (κ2) is 11.1. The van der Waals surface area contributed by atoms with Crippen molar-refractivity contribution in [3.63, 3.8) is 0 Å². The predicted octanol–water partition coefficient (Wildman–Crippen LogP) is 5.82. The molecule has 0 radical (unpaired) electrons. The van der Waals surface area contributed by atoms with E-state index in [1.54, 1.807) is 17.0 Å². The molecule has 29 heavy (non-hydrogen) atoms. The maximum Gasteiger partial charge on any atom is 0.270 e. The number of aromatic nitrogens is 1. The van der Waals surface area contributed by atoms with Gasteiger partial charge in [-0.15, -0.1) is 23.7 Å². The van der Waals surface area contributed by atoms with Crippen LogP contribution in [-0.4, -0.2) is 48.6 Å². The van der Waals surface area contributed by atoms with Crippen LogP contribution in [0.4, 0.5) is 5.13 Å². The largest absolute Gasteiger partial charge is 0.494 e. The van der Waals surface area contributed by atoms with Gasteiger partial charge in [0.25, 0.3) is 5.91 Å². The Balaban J connectivity index is 0.00000300. The topological polar surface area (TPSA) is 45.7 Å². The van der Waals surface area contributed by atoms with Crippen molar-refractivity contribution in [3.8, 4) is 5.75 Å². The van der Waals surface area contributed by atoms with Gasteiger partial charge in [0, 0.05) is 13.1 Å². The van der Waals surface area contributed by atoms with Crippen LogP contribution in [0.3, 0.4) is 0 Å². The lowest BCUT2D eigenvalue weighted by atomic mass is 10.3. The number of thiazole rings is 1. The molecule has 3 aromatic rings. The number of rotatable bonds is 9. The number of amides is 1. The second-order valence-corrected chi connectivity index (χ2v) is 8.87. The Hall–Kier alpha value is -1.38. The van der Waals surface area contributed by atoms with Crippen LogP contribution in [0.25, 0.3) is 10.2 Å². The number of nitrogens with zero attached hydrogens (tertiary/aromatic N) is 3. The summed E-state index contributed by atoms with van der Waals surface area (Å²) in [5.41, 5.74) is 0.869. The molecule has 0 aliphatic carbocycles. The van der Waals surface area contributed by atoms with E-state index in [2.05, 4.69) is 18.7 Å². The monoisotopic (exact) mass is 473 g/mol. The third-order valence-corrected chi connectivity index (χ3v) is 6.71. The van der Waals surface area contributed by atoms with Gasteiger partial charge in [-0.3, -0.25) is 9.69 Å². The summed E-state index contributed by atoms with van der Waals surface area (Å²) in [7, 11) is 0. The van der Waals surface area contributed by atoms with Crippen molar-refractivity contribution < 1.29 is 9.53 Å². The maximum absolute atomic E-state index is 13.2. The minimum absolute atomic E-state index is 0. The van der Waals surface area contributed by atoms with Crippen LogP contribution >= 0.6 is 46.7 Å². The molecule has 2 heterocycles. The summed E-state index contributed by atoms with van der Waals surface area (Å²) in [4.78, 5) is 22.6. The SMILES string of the molecule is CCOc1ccc2nc(N(CCN(CC)CC)C(=O)c3ccc(Cl)s3)sc2c1.Cl. The van der Waals surface area contributed by atoms with Gasteiger partial charge in [0.05, 0.1) is 26.0 Å². The zero-order valence-electron chi connectivity index (χ0n) is 16.7. The number of hydrogen-bond acceptors (Lipinski definition) is 6. The molecule has 0 saturated heterocycles. The van der Waals surface area contributed by atoms with Gasteiger partial charge in [-0.2, -0.15) is 0 Å². The van der Waals surface area contributed by atoms with Crippen molar-refractivity contribution in [3.05, 3.63) is 39.5 Å². The molecule has 9 heteroatoms. The molecule has 0 saturated carbocycles. The maximum atomic E-state index is 13.2. The molecule has 0 fully saturated rings. The minimum atomic E-state index is -0.0619. The van der Waals surface area contributed by atoms with Gasteiger partial charge in [0.1, 0.15) is 5.75 Å². The number of carbonyl (C=O) groups is 1. The highest BCUT2D eigenvalue weighted by molar-refractivity contribution is 7.22. The lowest BCUT2D eigenvalue weighted by Crippen LogP contribution is -2.38. The van der Waals surface area contributed by atoms with Gasteiger partial charge in [-0.1, -0.05) is 36.8 Å². The number of ether oxygens (including phenoxy) is 1. The molecule has 0 atom stereocenters. The molecule has 3 rings (SSSR count). The Morgan fingerprint density at radius 1 is 1.10 bits per heavy atom. The summed E-state index contributed by atoms with van der Waals surface area (Å²) in [6.07, 6.45) is 0. The first-order valence-corrected chi connectivity index (χ1v) is 11.4. The lowest BCUT2D eigenvalue weighted by Gasteiger charge is -2.24. The van der Waals surface area contributed by atoms with E-state index in [0.29, 0.717) is 27.5 Å². The molecule has 5 nitrogen and oxygen atoms in total. The highest BCUT2D eigenvalue weighted by Crippen LogP contribution is 2.33. The first-order chi connectivity index (χ1) is 13.5. The highest BCUT2D eigenvalue weighted by Gasteiger charge is 2.23. The van der Waals surface area contributed by atoms with Crippen LogP contribution in [0.1, 0.15) is 30.4 Å². The number of fused-ring (bicyclic) bond motifs is 1. The molecular weight excluding hydrogens is 449 g/mol. The molecule has 2 aromatic heterocycles. The molecule has 0 unspecified atom stereocenters. The fourth-order valence-electron chi connectivity index (χ4n) is 2.89. The highest BCUT2D eigenvalue weighted by atomic mass is 35.5. The standard InChI is InChI=1S/C20H24ClN3O2S2.ClH/c1-4-23(5-2)11-12-24(19(25)16-9-10-18(21)27-16)20-22-15-8-7-14(26-6-3)13-17(15)28-20;/h7-10,13H,4-6,11-12H2,1-3H3;1H. The third-order valence-electron chi connectivity index (χ3n) is 4.45. The van der Waals surface area contributed by atoms with Crippen molar-refractivity contribution in [2.75, 3.05) is 37.7 Å². The number of likely N-dealkylation sites (N-methyl/N-ethyl adjacent to an activating group) is 1. The molecule has 0 N–H and O–H groups in total. The molecule has 158 valence electrons. The van der Waals surface area contributed by atoms with E-state index in [9.17, 15) is 4.79 Å². The average molecular weight is 474 g/mol. The molecule has 0 spiro atoms. The summed E-state index contributed by atoms with van der Waals surface area (Å²) in [5.74, 6) is 0.754. The number of anilines is 1. The van der Waals surface area contributed by atoms with Crippen molar-refractivity contribution in [2.45, 2.75) is 20.8 Å².